The number of carbonyl (C=O) groups excluding carboxylic acids is 1. The van der Waals surface area contributed by atoms with Crippen molar-refractivity contribution in [2.75, 3.05) is 6.54 Å². The van der Waals surface area contributed by atoms with Gasteiger partial charge in [-0.15, -0.1) is 11.3 Å². The van der Waals surface area contributed by atoms with Crippen LogP contribution in [0.1, 0.15) is 40.8 Å². The van der Waals surface area contributed by atoms with Crippen LogP contribution in [0.3, 0.4) is 0 Å². The van der Waals surface area contributed by atoms with E-state index in [1.807, 2.05) is 6.92 Å². The Morgan fingerprint density at radius 1 is 1.21 bits per heavy atom. The van der Waals surface area contributed by atoms with Crippen molar-refractivity contribution >= 4 is 17.2 Å². The smallest absolute Gasteiger partial charge is 0.236 e. The first-order chi connectivity index (χ1) is 11.4. The van der Waals surface area contributed by atoms with Gasteiger partial charge >= 0.3 is 0 Å². The van der Waals surface area contributed by atoms with E-state index < -0.39 is 0 Å². The zero-order valence-electron chi connectivity index (χ0n) is 14.7. The highest BCUT2D eigenvalue weighted by Crippen LogP contribution is 2.26. The van der Waals surface area contributed by atoms with Gasteiger partial charge in [-0.25, -0.2) is 4.39 Å². The van der Waals surface area contributed by atoms with Gasteiger partial charge in [0, 0.05) is 22.3 Å². The summed E-state index contributed by atoms with van der Waals surface area (Å²) in [5, 5.41) is 6.28. The summed E-state index contributed by atoms with van der Waals surface area (Å²) in [6.45, 7) is 8.70. The monoisotopic (exact) mass is 348 g/mol. The van der Waals surface area contributed by atoms with Crippen LogP contribution >= 0.6 is 11.3 Å². The molecule has 0 aliphatic heterocycles. The molecule has 0 fully saturated rings. The molecule has 1 heterocycles. The largest absolute Gasteiger partial charge is 0.354 e. The summed E-state index contributed by atoms with van der Waals surface area (Å²) in [4.78, 5) is 14.8. The molecule has 0 bridgehead atoms. The number of rotatable bonds is 7. The average molecular weight is 348 g/mol. The van der Waals surface area contributed by atoms with Crippen molar-refractivity contribution in [2.24, 2.45) is 0 Å². The van der Waals surface area contributed by atoms with Gasteiger partial charge in [-0.05, 0) is 63.4 Å². The van der Waals surface area contributed by atoms with Gasteiger partial charge in [0.15, 0.2) is 0 Å². The topological polar surface area (TPSA) is 41.1 Å². The van der Waals surface area contributed by atoms with E-state index in [0.29, 0.717) is 13.0 Å². The molecule has 2 aromatic rings. The summed E-state index contributed by atoms with van der Waals surface area (Å²) < 4.78 is 12.9. The summed E-state index contributed by atoms with van der Waals surface area (Å²) in [6.07, 6.45) is 0.692. The van der Waals surface area contributed by atoms with Crippen molar-refractivity contribution in [2.45, 2.75) is 46.2 Å². The summed E-state index contributed by atoms with van der Waals surface area (Å²) >= 11 is 1.78. The second-order valence-corrected chi connectivity index (χ2v) is 7.61. The van der Waals surface area contributed by atoms with Crippen molar-refractivity contribution < 1.29 is 9.18 Å². The van der Waals surface area contributed by atoms with Crippen LogP contribution in [0.4, 0.5) is 4.39 Å². The molecular weight excluding hydrogens is 323 g/mol. The van der Waals surface area contributed by atoms with Gasteiger partial charge in [0.05, 0.1) is 6.04 Å². The third-order valence-electron chi connectivity index (χ3n) is 4.07. The Bertz CT molecular complexity index is 681. The molecule has 2 rings (SSSR count). The lowest BCUT2D eigenvalue weighted by Crippen LogP contribution is -2.43. The van der Waals surface area contributed by atoms with Crippen molar-refractivity contribution in [3.63, 3.8) is 0 Å². The minimum atomic E-state index is -0.271. The van der Waals surface area contributed by atoms with Gasteiger partial charge in [0.25, 0.3) is 0 Å². The minimum absolute atomic E-state index is 0.0198. The van der Waals surface area contributed by atoms with Gasteiger partial charge in [-0.2, -0.15) is 0 Å². The molecule has 0 aliphatic rings. The van der Waals surface area contributed by atoms with Crippen LogP contribution in [0.25, 0.3) is 0 Å². The normalized spacial score (nSPS) is 13.5. The molecule has 1 aromatic carbocycles. The maximum Gasteiger partial charge on any atom is 0.236 e. The van der Waals surface area contributed by atoms with Crippen LogP contribution in [0.15, 0.2) is 30.3 Å². The first-order valence-corrected chi connectivity index (χ1v) is 9.03. The number of hydrogen-bond donors (Lipinski definition) is 2. The van der Waals surface area contributed by atoms with Crippen LogP contribution in [-0.2, 0) is 11.2 Å². The number of thiophene rings is 1. The molecule has 5 heteroatoms. The number of benzene rings is 1. The number of hydrogen-bond acceptors (Lipinski definition) is 3. The van der Waals surface area contributed by atoms with E-state index in [4.69, 9.17) is 0 Å². The Labute approximate surface area is 147 Å². The van der Waals surface area contributed by atoms with Crippen LogP contribution in [0.2, 0.25) is 0 Å². The molecule has 2 N–H and O–H groups in total. The van der Waals surface area contributed by atoms with Gasteiger partial charge in [0.1, 0.15) is 5.82 Å². The Kier molecular flexibility index (Phi) is 6.52. The summed E-state index contributed by atoms with van der Waals surface area (Å²) in [5.74, 6) is -0.262. The highest BCUT2D eigenvalue weighted by Gasteiger charge is 2.18. The molecular formula is C19H25FN2OS. The van der Waals surface area contributed by atoms with Crippen LogP contribution < -0.4 is 10.6 Å². The maximum absolute atomic E-state index is 12.9. The average Bonchev–Trinajstić information content (AvgIpc) is 2.87. The summed E-state index contributed by atoms with van der Waals surface area (Å²) in [7, 11) is 0. The second-order valence-electron chi connectivity index (χ2n) is 6.15. The Hall–Kier alpha value is -1.72. The van der Waals surface area contributed by atoms with E-state index in [2.05, 4.69) is 37.5 Å². The minimum Gasteiger partial charge on any atom is -0.354 e. The third-order valence-corrected chi connectivity index (χ3v) is 5.05. The van der Waals surface area contributed by atoms with Crippen LogP contribution in [0, 0.1) is 19.7 Å². The zero-order chi connectivity index (χ0) is 17.7. The Morgan fingerprint density at radius 3 is 2.46 bits per heavy atom. The quantitative estimate of drug-likeness (QED) is 0.797. The number of halogens is 1. The molecule has 130 valence electrons. The van der Waals surface area contributed by atoms with Crippen LogP contribution in [-0.4, -0.2) is 18.5 Å². The highest BCUT2D eigenvalue weighted by atomic mass is 32.1. The van der Waals surface area contributed by atoms with Gasteiger partial charge in [-0.3, -0.25) is 10.1 Å². The fourth-order valence-electron chi connectivity index (χ4n) is 2.76. The predicted octanol–water partition coefficient (Wildman–Crippen LogP) is 3.90. The van der Waals surface area contributed by atoms with E-state index >= 15 is 0 Å². The van der Waals surface area contributed by atoms with Gasteiger partial charge < -0.3 is 5.32 Å². The van der Waals surface area contributed by atoms with E-state index in [1.54, 1.807) is 23.5 Å². The number of aryl methyl sites for hydroxylation is 2. The van der Waals surface area contributed by atoms with Crippen molar-refractivity contribution in [1.29, 1.82) is 0 Å². The third kappa shape index (κ3) is 5.14. The van der Waals surface area contributed by atoms with E-state index in [9.17, 15) is 9.18 Å². The Morgan fingerprint density at radius 2 is 1.88 bits per heavy atom. The van der Waals surface area contributed by atoms with E-state index in [0.717, 1.165) is 5.56 Å². The standard InChI is InChI=1S/C19H25FN2OS/c1-12-11-18(15(4)24-12)13(2)22-14(3)19(23)21-10-9-16-5-7-17(20)8-6-16/h5-8,11,13-14,22H,9-10H2,1-4H3,(H,21,23). The fraction of sp³-hybridized carbons (Fsp3) is 0.421. The fourth-order valence-corrected chi connectivity index (χ4v) is 3.78. The number of amides is 1. The van der Waals surface area contributed by atoms with Gasteiger partial charge in [-0.1, -0.05) is 12.1 Å². The second kappa shape index (κ2) is 8.40. The molecule has 0 radical (unpaired) electrons. The summed E-state index contributed by atoms with van der Waals surface area (Å²) in [6, 6.07) is 8.40. The van der Waals surface area contributed by atoms with Crippen molar-refractivity contribution in [3.8, 4) is 0 Å². The van der Waals surface area contributed by atoms with E-state index in [1.165, 1.54) is 27.5 Å². The number of nitrogens with one attached hydrogen (secondary N) is 2. The molecule has 0 saturated carbocycles. The van der Waals surface area contributed by atoms with Crippen LogP contribution in [0.5, 0.6) is 0 Å². The van der Waals surface area contributed by atoms with Crippen molar-refractivity contribution in [3.05, 3.63) is 57.0 Å². The molecule has 1 aromatic heterocycles. The summed E-state index contributed by atoms with van der Waals surface area (Å²) in [5.41, 5.74) is 2.26. The van der Waals surface area contributed by atoms with Gasteiger partial charge in [0.2, 0.25) is 5.91 Å². The molecule has 1 amide bonds. The molecule has 24 heavy (non-hydrogen) atoms. The molecule has 2 unspecified atom stereocenters. The highest BCUT2D eigenvalue weighted by molar-refractivity contribution is 7.12. The molecule has 2 atom stereocenters. The first kappa shape index (κ1) is 18.6. The molecule has 0 aliphatic carbocycles. The SMILES string of the molecule is Cc1cc(C(C)NC(C)C(=O)NCCc2ccc(F)cc2)c(C)s1. The lowest BCUT2D eigenvalue weighted by molar-refractivity contribution is -0.122. The van der Waals surface area contributed by atoms with Crippen molar-refractivity contribution in [1.82, 2.24) is 10.6 Å². The molecule has 0 saturated heterocycles. The molecule has 0 spiro atoms. The lowest BCUT2D eigenvalue weighted by atomic mass is 10.1. The Balaban J connectivity index is 1.79. The molecule has 3 nitrogen and oxygen atoms in total. The first-order valence-electron chi connectivity index (χ1n) is 8.22. The van der Waals surface area contributed by atoms with E-state index in [-0.39, 0.29) is 23.8 Å². The lowest BCUT2D eigenvalue weighted by Gasteiger charge is -2.20. The number of carbonyl (C=O) groups is 1. The predicted molar refractivity (Wildman–Crippen MR) is 97.9 cm³/mol. The zero-order valence-corrected chi connectivity index (χ0v) is 15.5. The maximum atomic E-state index is 12.9.